The van der Waals surface area contributed by atoms with Crippen molar-refractivity contribution in [2.45, 2.75) is 39.1 Å². The molecule has 1 aromatic heterocycles. The minimum atomic E-state index is 0.650. The fourth-order valence-electron chi connectivity index (χ4n) is 1.47. The number of hydrogen-bond acceptors (Lipinski definition) is 3. The molecule has 3 nitrogen and oxygen atoms in total. The summed E-state index contributed by atoms with van der Waals surface area (Å²) in [5.41, 5.74) is 1.27. The van der Waals surface area contributed by atoms with Gasteiger partial charge in [-0.2, -0.15) is 16.9 Å². The summed E-state index contributed by atoms with van der Waals surface area (Å²) in [4.78, 5) is 0. The van der Waals surface area contributed by atoms with Crippen molar-refractivity contribution in [1.82, 2.24) is 15.1 Å². The molecule has 1 N–H and O–H groups in total. The average Bonchev–Trinajstić information content (AvgIpc) is 2.64. The highest BCUT2D eigenvalue weighted by Crippen LogP contribution is 2.04. The van der Waals surface area contributed by atoms with Crippen LogP contribution in [0.5, 0.6) is 0 Å². The van der Waals surface area contributed by atoms with Crippen molar-refractivity contribution in [3.8, 4) is 0 Å². The molecule has 0 aliphatic carbocycles. The van der Waals surface area contributed by atoms with Crippen LogP contribution in [0.2, 0.25) is 0 Å². The molecule has 92 valence electrons. The Kier molecular flexibility index (Phi) is 5.91. The first-order valence-corrected chi connectivity index (χ1v) is 7.15. The van der Waals surface area contributed by atoms with Crippen LogP contribution in [0, 0.1) is 5.92 Å². The second-order valence-electron chi connectivity index (χ2n) is 4.64. The summed E-state index contributed by atoms with van der Waals surface area (Å²) in [7, 11) is 0. The van der Waals surface area contributed by atoms with Crippen molar-refractivity contribution in [1.29, 1.82) is 0 Å². The summed E-state index contributed by atoms with van der Waals surface area (Å²) in [6, 6.07) is 0. The van der Waals surface area contributed by atoms with Gasteiger partial charge in [-0.15, -0.1) is 0 Å². The fraction of sp³-hybridized carbons (Fsp3) is 0.750. The zero-order chi connectivity index (χ0) is 12.0. The number of aromatic nitrogens is 2. The Morgan fingerprint density at radius 1 is 1.44 bits per heavy atom. The molecule has 0 radical (unpaired) electrons. The molecule has 0 fully saturated rings. The normalized spacial score (nSPS) is 13.3. The molecule has 0 bridgehead atoms. The van der Waals surface area contributed by atoms with E-state index in [1.165, 1.54) is 5.56 Å². The average molecular weight is 241 g/mol. The van der Waals surface area contributed by atoms with E-state index in [0.717, 1.165) is 19.6 Å². The molecule has 0 aliphatic rings. The highest BCUT2D eigenvalue weighted by Gasteiger charge is 2.02. The standard InChI is InChI=1S/C12H23N3S/c1-10(2)8-15-9-12(7-14-15)6-13-5-11(3)16-4/h7,9-11,13H,5-6,8H2,1-4H3. The van der Waals surface area contributed by atoms with Crippen LogP contribution in [0.15, 0.2) is 12.4 Å². The molecule has 1 atom stereocenters. The van der Waals surface area contributed by atoms with E-state index in [4.69, 9.17) is 0 Å². The lowest BCUT2D eigenvalue weighted by atomic mass is 10.2. The van der Waals surface area contributed by atoms with Gasteiger partial charge in [-0.25, -0.2) is 0 Å². The molecule has 0 aliphatic heterocycles. The van der Waals surface area contributed by atoms with Gasteiger partial charge in [0, 0.05) is 36.6 Å². The maximum absolute atomic E-state index is 4.35. The number of thioether (sulfide) groups is 1. The molecule has 1 rings (SSSR count). The van der Waals surface area contributed by atoms with Crippen molar-refractivity contribution in [2.75, 3.05) is 12.8 Å². The first-order chi connectivity index (χ1) is 7.61. The zero-order valence-electron chi connectivity index (χ0n) is 10.7. The fourth-order valence-corrected chi connectivity index (χ4v) is 1.76. The van der Waals surface area contributed by atoms with Gasteiger partial charge in [0.1, 0.15) is 0 Å². The highest BCUT2D eigenvalue weighted by molar-refractivity contribution is 7.99. The van der Waals surface area contributed by atoms with Gasteiger partial charge in [-0.1, -0.05) is 20.8 Å². The summed E-state index contributed by atoms with van der Waals surface area (Å²) >= 11 is 1.89. The van der Waals surface area contributed by atoms with E-state index in [2.05, 4.69) is 43.6 Å². The molecule has 1 aromatic rings. The minimum Gasteiger partial charge on any atom is -0.311 e. The van der Waals surface area contributed by atoms with Crippen LogP contribution in [0.3, 0.4) is 0 Å². The van der Waals surface area contributed by atoms with Crippen LogP contribution in [0.4, 0.5) is 0 Å². The highest BCUT2D eigenvalue weighted by atomic mass is 32.2. The van der Waals surface area contributed by atoms with Crippen LogP contribution in [-0.4, -0.2) is 27.8 Å². The number of hydrogen-bond donors (Lipinski definition) is 1. The SMILES string of the molecule is CSC(C)CNCc1cnn(CC(C)C)c1. The van der Waals surface area contributed by atoms with Crippen LogP contribution in [0.1, 0.15) is 26.3 Å². The smallest absolute Gasteiger partial charge is 0.0534 e. The van der Waals surface area contributed by atoms with Crippen molar-refractivity contribution in [3.63, 3.8) is 0 Å². The molecule has 16 heavy (non-hydrogen) atoms. The van der Waals surface area contributed by atoms with E-state index >= 15 is 0 Å². The monoisotopic (exact) mass is 241 g/mol. The van der Waals surface area contributed by atoms with Gasteiger partial charge >= 0.3 is 0 Å². The maximum atomic E-state index is 4.35. The van der Waals surface area contributed by atoms with E-state index in [0.29, 0.717) is 11.2 Å². The molecule has 0 amide bonds. The molecule has 0 spiro atoms. The van der Waals surface area contributed by atoms with E-state index in [1.807, 2.05) is 22.6 Å². The Bertz CT molecular complexity index is 296. The topological polar surface area (TPSA) is 29.9 Å². The molecule has 4 heteroatoms. The molecule has 0 aromatic carbocycles. The van der Waals surface area contributed by atoms with E-state index in [9.17, 15) is 0 Å². The first-order valence-electron chi connectivity index (χ1n) is 5.86. The van der Waals surface area contributed by atoms with Crippen molar-refractivity contribution in [2.24, 2.45) is 5.92 Å². The van der Waals surface area contributed by atoms with Gasteiger partial charge in [0.15, 0.2) is 0 Å². The third-order valence-electron chi connectivity index (χ3n) is 2.40. The second-order valence-corrected chi connectivity index (χ2v) is 5.92. The quantitative estimate of drug-likeness (QED) is 0.795. The molecule has 0 saturated heterocycles. The minimum absolute atomic E-state index is 0.650. The summed E-state index contributed by atoms with van der Waals surface area (Å²) in [6.45, 7) is 9.63. The lowest BCUT2D eigenvalue weighted by molar-refractivity contribution is 0.482. The third-order valence-corrected chi connectivity index (χ3v) is 3.37. The summed E-state index contributed by atoms with van der Waals surface area (Å²) in [5.74, 6) is 0.650. The maximum Gasteiger partial charge on any atom is 0.0534 e. The molecular weight excluding hydrogens is 218 g/mol. The molecular formula is C12H23N3S. The van der Waals surface area contributed by atoms with Gasteiger partial charge in [-0.05, 0) is 12.2 Å². The van der Waals surface area contributed by atoms with E-state index in [-0.39, 0.29) is 0 Å². The number of nitrogens with one attached hydrogen (secondary N) is 1. The van der Waals surface area contributed by atoms with Crippen molar-refractivity contribution in [3.05, 3.63) is 18.0 Å². The molecule has 0 saturated carbocycles. The van der Waals surface area contributed by atoms with Gasteiger partial charge < -0.3 is 5.32 Å². The Morgan fingerprint density at radius 3 is 2.81 bits per heavy atom. The first kappa shape index (κ1) is 13.6. The van der Waals surface area contributed by atoms with Gasteiger partial charge in [0.05, 0.1) is 6.20 Å². The lowest BCUT2D eigenvalue weighted by Crippen LogP contribution is -2.21. The van der Waals surface area contributed by atoms with E-state index < -0.39 is 0 Å². The Hall–Kier alpha value is -0.480. The summed E-state index contributed by atoms with van der Waals surface area (Å²) in [6.07, 6.45) is 6.24. The predicted octanol–water partition coefficient (Wildman–Crippen LogP) is 2.38. The Balaban J connectivity index is 2.29. The lowest BCUT2D eigenvalue weighted by Gasteiger charge is -2.08. The van der Waals surface area contributed by atoms with Gasteiger partial charge in [0.25, 0.3) is 0 Å². The Morgan fingerprint density at radius 2 is 2.19 bits per heavy atom. The van der Waals surface area contributed by atoms with Gasteiger partial charge in [0.2, 0.25) is 0 Å². The Labute approximate surface area is 103 Å². The second kappa shape index (κ2) is 6.97. The van der Waals surface area contributed by atoms with Crippen molar-refractivity contribution < 1.29 is 0 Å². The largest absolute Gasteiger partial charge is 0.311 e. The van der Waals surface area contributed by atoms with Gasteiger partial charge in [-0.3, -0.25) is 4.68 Å². The van der Waals surface area contributed by atoms with E-state index in [1.54, 1.807) is 0 Å². The molecule has 1 unspecified atom stereocenters. The van der Waals surface area contributed by atoms with Crippen LogP contribution >= 0.6 is 11.8 Å². The summed E-state index contributed by atoms with van der Waals surface area (Å²) < 4.78 is 2.03. The molecule has 1 heterocycles. The number of nitrogens with zero attached hydrogens (tertiary/aromatic N) is 2. The van der Waals surface area contributed by atoms with Crippen LogP contribution < -0.4 is 5.32 Å². The third kappa shape index (κ3) is 5.03. The van der Waals surface area contributed by atoms with Crippen LogP contribution in [0.25, 0.3) is 0 Å². The summed E-state index contributed by atoms with van der Waals surface area (Å²) in [5, 5.41) is 8.46. The number of rotatable bonds is 7. The predicted molar refractivity (Wildman–Crippen MR) is 71.7 cm³/mol. The zero-order valence-corrected chi connectivity index (χ0v) is 11.5. The van der Waals surface area contributed by atoms with Crippen LogP contribution in [-0.2, 0) is 13.1 Å². The van der Waals surface area contributed by atoms with Crippen molar-refractivity contribution >= 4 is 11.8 Å².